The second-order valence-electron chi connectivity index (χ2n) is 4.32. The molecule has 0 aliphatic carbocycles. The molecule has 0 spiro atoms. The van der Waals surface area contributed by atoms with Gasteiger partial charge in [-0.2, -0.15) is 15.0 Å². The molecule has 0 aliphatic rings. The molecule has 0 saturated heterocycles. The van der Waals surface area contributed by atoms with Crippen molar-refractivity contribution in [3.63, 3.8) is 0 Å². The van der Waals surface area contributed by atoms with Crippen LogP contribution in [0.5, 0.6) is 11.8 Å². The highest BCUT2D eigenvalue weighted by Crippen LogP contribution is 2.22. The van der Waals surface area contributed by atoms with Gasteiger partial charge in [0.1, 0.15) is 5.75 Å². The highest BCUT2D eigenvalue weighted by atomic mass is 35.5. The number of hydrogen-bond donors (Lipinski definition) is 1. The minimum Gasteiger partial charge on any atom is -0.461 e. The lowest BCUT2D eigenvalue weighted by Gasteiger charge is -2.09. The van der Waals surface area contributed by atoms with E-state index < -0.39 is 6.09 Å². The molecule has 0 aliphatic heterocycles. The number of nitrogens with zero attached hydrogens (tertiary/aromatic N) is 3. The van der Waals surface area contributed by atoms with Gasteiger partial charge in [-0.3, -0.25) is 0 Å². The van der Waals surface area contributed by atoms with Crippen LogP contribution >= 0.6 is 11.6 Å². The number of aromatic nitrogens is 3. The summed E-state index contributed by atoms with van der Waals surface area (Å²) in [6, 6.07) is 6.63. The Balaban J connectivity index is 2.28. The van der Waals surface area contributed by atoms with Gasteiger partial charge in [-0.05, 0) is 49.7 Å². The predicted molar refractivity (Wildman–Crippen MR) is 76.2 cm³/mol. The third-order valence-corrected chi connectivity index (χ3v) is 2.43. The second-order valence-corrected chi connectivity index (χ2v) is 4.66. The lowest BCUT2D eigenvalue weighted by atomic mass is 10.2. The molecule has 1 amide bonds. The Morgan fingerprint density at radius 1 is 1.19 bits per heavy atom. The zero-order valence-corrected chi connectivity index (χ0v) is 12.2. The van der Waals surface area contributed by atoms with E-state index >= 15 is 0 Å². The van der Waals surface area contributed by atoms with Crippen LogP contribution in [0.15, 0.2) is 24.3 Å². The van der Waals surface area contributed by atoms with Crippen LogP contribution in [-0.4, -0.2) is 27.1 Å². The molecule has 1 aromatic heterocycles. The lowest BCUT2D eigenvalue weighted by Crippen LogP contribution is -2.16. The fraction of sp³-hybridized carbons (Fsp3) is 0.231. The van der Waals surface area contributed by atoms with E-state index in [1.807, 2.05) is 13.8 Å². The first-order valence-electron chi connectivity index (χ1n) is 6.10. The van der Waals surface area contributed by atoms with Crippen LogP contribution < -0.4 is 15.2 Å². The maximum absolute atomic E-state index is 10.6. The van der Waals surface area contributed by atoms with Crippen molar-refractivity contribution in [2.75, 3.05) is 0 Å². The molecule has 0 fully saturated rings. The number of ether oxygens (including phenoxy) is 2. The molecule has 1 aromatic carbocycles. The summed E-state index contributed by atoms with van der Waals surface area (Å²) in [4.78, 5) is 22.7. The van der Waals surface area contributed by atoms with E-state index in [9.17, 15) is 4.79 Å². The van der Waals surface area contributed by atoms with Gasteiger partial charge in [-0.25, -0.2) is 4.79 Å². The number of primary amides is 1. The first-order valence-corrected chi connectivity index (χ1v) is 6.48. The van der Waals surface area contributed by atoms with E-state index in [1.54, 1.807) is 24.3 Å². The topological polar surface area (TPSA) is 100 Å². The summed E-state index contributed by atoms with van der Waals surface area (Å²) in [6.07, 6.45) is -0.957. The molecule has 0 radical (unpaired) electrons. The Kier molecular flexibility index (Phi) is 4.54. The Hall–Kier alpha value is -2.41. The van der Waals surface area contributed by atoms with Gasteiger partial charge in [0.25, 0.3) is 0 Å². The molecule has 110 valence electrons. The molecular weight excluding hydrogens is 296 g/mol. The second kappa shape index (κ2) is 6.36. The third kappa shape index (κ3) is 4.28. The normalized spacial score (nSPS) is 10.5. The molecule has 0 atom stereocenters. The SMILES string of the molecule is CC(C)Oc1nc(Cl)nc(-c2ccc(OC(N)=O)cc2)n1. The van der Waals surface area contributed by atoms with Gasteiger partial charge in [0.2, 0.25) is 5.28 Å². The van der Waals surface area contributed by atoms with Crippen LogP contribution in [-0.2, 0) is 0 Å². The van der Waals surface area contributed by atoms with E-state index in [1.165, 1.54) is 0 Å². The number of carbonyl (C=O) groups excluding carboxylic acids is 1. The van der Waals surface area contributed by atoms with Crippen molar-refractivity contribution in [2.24, 2.45) is 5.73 Å². The first-order chi connectivity index (χ1) is 9.94. The largest absolute Gasteiger partial charge is 0.461 e. The summed E-state index contributed by atoms with van der Waals surface area (Å²) >= 11 is 5.86. The summed E-state index contributed by atoms with van der Waals surface area (Å²) in [5.41, 5.74) is 5.60. The quantitative estimate of drug-likeness (QED) is 0.931. The predicted octanol–water partition coefficient (Wildman–Crippen LogP) is 2.44. The van der Waals surface area contributed by atoms with Crippen molar-refractivity contribution in [2.45, 2.75) is 20.0 Å². The summed E-state index contributed by atoms with van der Waals surface area (Å²) in [5.74, 6) is 0.682. The molecule has 2 aromatic rings. The van der Waals surface area contributed by atoms with Crippen molar-refractivity contribution < 1.29 is 14.3 Å². The Morgan fingerprint density at radius 3 is 2.43 bits per heavy atom. The van der Waals surface area contributed by atoms with Crippen molar-refractivity contribution >= 4 is 17.7 Å². The molecule has 7 nitrogen and oxygen atoms in total. The van der Waals surface area contributed by atoms with Gasteiger partial charge in [0.15, 0.2) is 5.82 Å². The van der Waals surface area contributed by atoms with Crippen molar-refractivity contribution in [1.82, 2.24) is 15.0 Å². The smallest absolute Gasteiger partial charge is 0.409 e. The van der Waals surface area contributed by atoms with Gasteiger partial charge in [-0.15, -0.1) is 0 Å². The number of nitrogens with two attached hydrogens (primary N) is 1. The average molecular weight is 309 g/mol. The zero-order valence-electron chi connectivity index (χ0n) is 11.4. The molecule has 0 bridgehead atoms. The van der Waals surface area contributed by atoms with E-state index in [2.05, 4.69) is 15.0 Å². The van der Waals surface area contributed by atoms with Gasteiger partial charge >= 0.3 is 12.1 Å². The Bertz CT molecular complexity index is 646. The maximum atomic E-state index is 10.6. The average Bonchev–Trinajstić information content (AvgIpc) is 2.37. The molecule has 8 heteroatoms. The molecule has 1 heterocycles. The van der Waals surface area contributed by atoms with Gasteiger partial charge in [-0.1, -0.05) is 0 Å². The number of amides is 1. The van der Waals surface area contributed by atoms with E-state index in [-0.39, 0.29) is 17.4 Å². The van der Waals surface area contributed by atoms with Crippen LogP contribution in [0.3, 0.4) is 0 Å². The number of hydrogen-bond acceptors (Lipinski definition) is 6. The molecule has 2 N–H and O–H groups in total. The highest BCUT2D eigenvalue weighted by molar-refractivity contribution is 6.28. The number of benzene rings is 1. The fourth-order valence-corrected chi connectivity index (χ4v) is 1.67. The number of rotatable bonds is 4. The molecule has 0 saturated carbocycles. The summed E-state index contributed by atoms with van der Waals surface area (Å²) < 4.78 is 10.1. The van der Waals surface area contributed by atoms with E-state index in [4.69, 9.17) is 26.8 Å². The Morgan fingerprint density at radius 2 is 1.86 bits per heavy atom. The highest BCUT2D eigenvalue weighted by Gasteiger charge is 2.10. The van der Waals surface area contributed by atoms with Crippen molar-refractivity contribution in [3.8, 4) is 23.1 Å². The fourth-order valence-electron chi connectivity index (χ4n) is 1.51. The number of halogens is 1. The summed E-state index contributed by atoms with van der Waals surface area (Å²) in [6.45, 7) is 3.71. The minimum absolute atomic E-state index is 0.0353. The van der Waals surface area contributed by atoms with Gasteiger partial charge < -0.3 is 15.2 Å². The standard InChI is InChI=1S/C13H13ClN4O3/c1-7(2)20-13-17-10(16-11(14)18-13)8-3-5-9(6-4-8)21-12(15)19/h3-7H,1-2H3,(H2,15,19). The number of carbonyl (C=O) groups is 1. The van der Waals surface area contributed by atoms with E-state index in [0.29, 0.717) is 17.1 Å². The van der Waals surface area contributed by atoms with Crippen LogP contribution in [0.2, 0.25) is 5.28 Å². The third-order valence-electron chi connectivity index (χ3n) is 2.26. The molecule has 21 heavy (non-hydrogen) atoms. The monoisotopic (exact) mass is 308 g/mol. The summed E-state index contributed by atoms with van der Waals surface area (Å²) in [7, 11) is 0. The summed E-state index contributed by atoms with van der Waals surface area (Å²) in [5, 5.41) is 0.0353. The van der Waals surface area contributed by atoms with Crippen LogP contribution in [0.25, 0.3) is 11.4 Å². The lowest BCUT2D eigenvalue weighted by molar-refractivity contribution is 0.211. The maximum Gasteiger partial charge on any atom is 0.409 e. The minimum atomic E-state index is -0.876. The molecule has 2 rings (SSSR count). The van der Waals surface area contributed by atoms with Crippen LogP contribution in [0, 0.1) is 0 Å². The first kappa shape index (κ1) is 15.0. The van der Waals surface area contributed by atoms with Gasteiger partial charge in [0, 0.05) is 5.56 Å². The Labute approximate surface area is 126 Å². The van der Waals surface area contributed by atoms with Crippen LogP contribution in [0.1, 0.15) is 13.8 Å². The van der Waals surface area contributed by atoms with E-state index in [0.717, 1.165) is 0 Å². The zero-order chi connectivity index (χ0) is 15.4. The van der Waals surface area contributed by atoms with Gasteiger partial charge in [0.05, 0.1) is 6.10 Å². The van der Waals surface area contributed by atoms with Crippen molar-refractivity contribution in [3.05, 3.63) is 29.5 Å². The van der Waals surface area contributed by atoms with Crippen LogP contribution in [0.4, 0.5) is 4.79 Å². The van der Waals surface area contributed by atoms with Crippen molar-refractivity contribution in [1.29, 1.82) is 0 Å². The molecular formula is C13H13ClN4O3. The molecule has 0 unspecified atom stereocenters.